The van der Waals surface area contributed by atoms with E-state index >= 15 is 0 Å². The van der Waals surface area contributed by atoms with Crippen LogP contribution in [0.5, 0.6) is 0 Å². The molecule has 1 rings (SSSR count). The van der Waals surface area contributed by atoms with Crippen molar-refractivity contribution in [3.05, 3.63) is 17.5 Å². The molecule has 0 spiro atoms. The first-order valence-electron chi connectivity index (χ1n) is 4.09. The van der Waals surface area contributed by atoms with Crippen molar-refractivity contribution in [3.8, 4) is 0 Å². The number of hydrogen-bond acceptors (Lipinski definition) is 2. The van der Waals surface area contributed by atoms with Crippen molar-refractivity contribution in [2.24, 2.45) is 7.05 Å². The highest BCUT2D eigenvalue weighted by Gasteiger charge is 2.20. The molecule has 0 atom stereocenters. The first kappa shape index (κ1) is 9.26. The smallest absolute Gasteiger partial charge is 0.0732 e. The van der Waals surface area contributed by atoms with E-state index in [0.717, 1.165) is 11.3 Å². The minimum Gasteiger partial charge on any atom is -0.392 e. The minimum atomic E-state index is 0.0132. The number of aromatic nitrogens is 2. The van der Waals surface area contributed by atoms with Crippen molar-refractivity contribution in [1.82, 2.24) is 9.78 Å². The number of nitrogens with zero attached hydrogens (tertiary/aromatic N) is 2. The van der Waals surface area contributed by atoms with Crippen molar-refractivity contribution < 1.29 is 5.11 Å². The van der Waals surface area contributed by atoms with Crippen LogP contribution in [-0.2, 0) is 19.1 Å². The first-order chi connectivity index (χ1) is 5.45. The Morgan fingerprint density at radius 2 is 2.08 bits per heavy atom. The van der Waals surface area contributed by atoms with Crippen LogP contribution < -0.4 is 0 Å². The van der Waals surface area contributed by atoms with Gasteiger partial charge in [-0.3, -0.25) is 4.68 Å². The van der Waals surface area contributed by atoms with Gasteiger partial charge in [-0.1, -0.05) is 20.8 Å². The summed E-state index contributed by atoms with van der Waals surface area (Å²) >= 11 is 0. The van der Waals surface area contributed by atoms with Gasteiger partial charge >= 0.3 is 0 Å². The van der Waals surface area contributed by atoms with Gasteiger partial charge in [-0.05, 0) is 0 Å². The Labute approximate surface area is 73.0 Å². The first-order valence-corrected chi connectivity index (χ1v) is 4.09. The summed E-state index contributed by atoms with van der Waals surface area (Å²) in [5.41, 5.74) is 1.91. The summed E-state index contributed by atoms with van der Waals surface area (Å²) in [5.74, 6) is 0. The fourth-order valence-electron chi connectivity index (χ4n) is 1.28. The van der Waals surface area contributed by atoms with Gasteiger partial charge in [0.15, 0.2) is 0 Å². The molecule has 1 N–H and O–H groups in total. The molecule has 12 heavy (non-hydrogen) atoms. The van der Waals surface area contributed by atoms with Gasteiger partial charge in [0.05, 0.1) is 12.3 Å². The van der Waals surface area contributed by atoms with Crippen molar-refractivity contribution >= 4 is 0 Å². The third-order valence-corrected chi connectivity index (χ3v) is 1.79. The van der Waals surface area contributed by atoms with E-state index in [2.05, 4.69) is 25.9 Å². The molecule has 0 saturated heterocycles. The molecule has 0 radical (unpaired) electrons. The lowest BCUT2D eigenvalue weighted by Crippen LogP contribution is -2.14. The summed E-state index contributed by atoms with van der Waals surface area (Å²) in [7, 11) is 1.87. The maximum absolute atomic E-state index is 9.04. The fourth-order valence-corrected chi connectivity index (χ4v) is 1.28. The Morgan fingerprint density at radius 1 is 1.50 bits per heavy atom. The Morgan fingerprint density at radius 3 is 2.42 bits per heavy atom. The molecule has 3 heteroatoms. The maximum Gasteiger partial charge on any atom is 0.0732 e. The van der Waals surface area contributed by atoms with Gasteiger partial charge in [-0.15, -0.1) is 0 Å². The fraction of sp³-hybridized carbons (Fsp3) is 0.667. The second-order valence-electron chi connectivity index (χ2n) is 4.08. The zero-order valence-electron chi connectivity index (χ0n) is 8.13. The third-order valence-electron chi connectivity index (χ3n) is 1.79. The molecule has 1 aromatic rings. The van der Waals surface area contributed by atoms with Crippen molar-refractivity contribution in [2.75, 3.05) is 0 Å². The molecule has 68 valence electrons. The highest BCUT2D eigenvalue weighted by molar-refractivity contribution is 5.22. The highest BCUT2D eigenvalue weighted by atomic mass is 16.3. The van der Waals surface area contributed by atoms with E-state index in [-0.39, 0.29) is 12.0 Å². The SMILES string of the molecule is Cn1cc(CO)c(C(C)(C)C)n1. The number of aliphatic hydroxyl groups excluding tert-OH is 1. The van der Waals surface area contributed by atoms with Gasteiger partial charge in [0.25, 0.3) is 0 Å². The van der Waals surface area contributed by atoms with E-state index < -0.39 is 0 Å². The lowest BCUT2D eigenvalue weighted by Gasteiger charge is -2.16. The van der Waals surface area contributed by atoms with Crippen LogP contribution in [0.2, 0.25) is 0 Å². The van der Waals surface area contributed by atoms with Gasteiger partial charge in [0.2, 0.25) is 0 Å². The molecule has 0 aliphatic rings. The van der Waals surface area contributed by atoms with E-state index in [0.29, 0.717) is 0 Å². The molecule has 0 aliphatic heterocycles. The zero-order chi connectivity index (χ0) is 9.35. The Hall–Kier alpha value is -0.830. The van der Waals surface area contributed by atoms with Gasteiger partial charge in [-0.25, -0.2) is 0 Å². The molecule has 1 heterocycles. The van der Waals surface area contributed by atoms with Crippen LogP contribution in [-0.4, -0.2) is 14.9 Å². The molecule has 0 unspecified atom stereocenters. The number of rotatable bonds is 1. The van der Waals surface area contributed by atoms with Crippen LogP contribution >= 0.6 is 0 Å². The van der Waals surface area contributed by atoms with Crippen LogP contribution in [0, 0.1) is 0 Å². The summed E-state index contributed by atoms with van der Waals surface area (Å²) in [6, 6.07) is 0. The lowest BCUT2D eigenvalue weighted by atomic mass is 9.90. The molecule has 0 amide bonds. The standard InChI is InChI=1S/C9H16N2O/c1-9(2,3)8-7(6-12)5-11(4)10-8/h5,12H,6H2,1-4H3. The summed E-state index contributed by atoms with van der Waals surface area (Å²) < 4.78 is 1.74. The van der Waals surface area contributed by atoms with Crippen LogP contribution in [0.25, 0.3) is 0 Å². The lowest BCUT2D eigenvalue weighted by molar-refractivity contribution is 0.278. The van der Waals surface area contributed by atoms with Crippen LogP contribution in [0.3, 0.4) is 0 Å². The Kier molecular flexibility index (Phi) is 2.24. The zero-order valence-corrected chi connectivity index (χ0v) is 8.13. The average molecular weight is 168 g/mol. The van der Waals surface area contributed by atoms with Crippen molar-refractivity contribution in [3.63, 3.8) is 0 Å². The number of aryl methyl sites for hydroxylation is 1. The van der Waals surface area contributed by atoms with Crippen molar-refractivity contribution in [2.45, 2.75) is 32.8 Å². The van der Waals surface area contributed by atoms with Gasteiger partial charge in [0.1, 0.15) is 0 Å². The maximum atomic E-state index is 9.04. The molecular formula is C9H16N2O. The molecule has 0 aromatic carbocycles. The Balaban J connectivity index is 3.13. The van der Waals surface area contributed by atoms with Crippen molar-refractivity contribution in [1.29, 1.82) is 0 Å². The van der Waals surface area contributed by atoms with Gasteiger partial charge < -0.3 is 5.11 Å². The van der Waals surface area contributed by atoms with Crippen LogP contribution in [0.1, 0.15) is 32.0 Å². The molecular weight excluding hydrogens is 152 g/mol. The molecule has 0 aliphatic carbocycles. The van der Waals surface area contributed by atoms with Gasteiger partial charge in [0, 0.05) is 24.2 Å². The molecule has 1 aromatic heterocycles. The average Bonchev–Trinajstić information content (AvgIpc) is 2.29. The largest absolute Gasteiger partial charge is 0.392 e. The third kappa shape index (κ3) is 1.67. The highest BCUT2D eigenvalue weighted by Crippen LogP contribution is 2.23. The summed E-state index contributed by atoms with van der Waals surface area (Å²) in [5, 5.41) is 13.4. The minimum absolute atomic E-state index is 0.0132. The molecule has 0 bridgehead atoms. The van der Waals surface area contributed by atoms with E-state index in [9.17, 15) is 0 Å². The van der Waals surface area contributed by atoms with Crippen LogP contribution in [0.15, 0.2) is 6.20 Å². The molecule has 3 nitrogen and oxygen atoms in total. The second-order valence-corrected chi connectivity index (χ2v) is 4.08. The van der Waals surface area contributed by atoms with E-state index in [4.69, 9.17) is 5.11 Å². The monoisotopic (exact) mass is 168 g/mol. The predicted molar refractivity (Wildman–Crippen MR) is 47.8 cm³/mol. The predicted octanol–water partition coefficient (Wildman–Crippen LogP) is 1.21. The van der Waals surface area contributed by atoms with Crippen LogP contribution in [0.4, 0.5) is 0 Å². The summed E-state index contributed by atoms with van der Waals surface area (Å²) in [6.07, 6.45) is 1.86. The Bertz CT molecular complexity index is 271. The quantitative estimate of drug-likeness (QED) is 0.684. The van der Waals surface area contributed by atoms with E-state index in [1.54, 1.807) is 4.68 Å². The topological polar surface area (TPSA) is 38.0 Å². The van der Waals surface area contributed by atoms with E-state index in [1.807, 2.05) is 13.2 Å². The second kappa shape index (κ2) is 2.90. The van der Waals surface area contributed by atoms with E-state index in [1.165, 1.54) is 0 Å². The normalized spacial score (nSPS) is 12.1. The summed E-state index contributed by atoms with van der Waals surface area (Å²) in [6.45, 7) is 6.35. The molecule has 0 fully saturated rings. The number of hydrogen-bond donors (Lipinski definition) is 1. The summed E-state index contributed by atoms with van der Waals surface area (Å²) in [4.78, 5) is 0. The van der Waals surface area contributed by atoms with Gasteiger partial charge in [-0.2, -0.15) is 5.10 Å². The number of aliphatic hydroxyl groups is 1. The molecule has 0 saturated carbocycles.